The van der Waals surface area contributed by atoms with Crippen molar-refractivity contribution in [2.45, 2.75) is 27.7 Å². The van der Waals surface area contributed by atoms with E-state index in [0.717, 1.165) is 23.4 Å². The van der Waals surface area contributed by atoms with Crippen LogP contribution in [0.4, 0.5) is 5.82 Å². The van der Waals surface area contributed by atoms with Crippen LogP contribution in [0.1, 0.15) is 27.7 Å². The topological polar surface area (TPSA) is 16.1 Å². The molecule has 0 spiro atoms. The standard InChI is InChI=1S/C13H20BrClN2/c1-9(2)7-17(8-10(3)4)13-12(14)5-11(15)6-16-13/h5-6,9-10H,7-8H2,1-4H3. The molecule has 2 nitrogen and oxygen atoms in total. The first-order valence-electron chi connectivity index (χ1n) is 5.96. The Kier molecular flexibility index (Phi) is 5.74. The average Bonchev–Trinajstić information content (AvgIpc) is 2.14. The van der Waals surface area contributed by atoms with Crippen LogP contribution in [0.5, 0.6) is 0 Å². The first-order chi connectivity index (χ1) is 7.90. The van der Waals surface area contributed by atoms with Crippen molar-refractivity contribution in [2.24, 2.45) is 11.8 Å². The Morgan fingerprint density at radius 3 is 2.18 bits per heavy atom. The van der Waals surface area contributed by atoms with Crippen LogP contribution in [-0.4, -0.2) is 18.1 Å². The summed E-state index contributed by atoms with van der Waals surface area (Å²) >= 11 is 9.46. The number of anilines is 1. The van der Waals surface area contributed by atoms with Gasteiger partial charge in [0.2, 0.25) is 0 Å². The SMILES string of the molecule is CC(C)CN(CC(C)C)c1ncc(Cl)cc1Br. The minimum Gasteiger partial charge on any atom is -0.355 e. The van der Waals surface area contributed by atoms with Gasteiger partial charge in [0.25, 0.3) is 0 Å². The largest absolute Gasteiger partial charge is 0.355 e. The van der Waals surface area contributed by atoms with Crippen LogP contribution in [0.3, 0.4) is 0 Å². The van der Waals surface area contributed by atoms with Crippen LogP contribution in [0.15, 0.2) is 16.7 Å². The molecule has 0 amide bonds. The monoisotopic (exact) mass is 318 g/mol. The van der Waals surface area contributed by atoms with E-state index in [2.05, 4.69) is 53.5 Å². The lowest BCUT2D eigenvalue weighted by Crippen LogP contribution is -2.32. The molecule has 0 aromatic carbocycles. The van der Waals surface area contributed by atoms with E-state index in [9.17, 15) is 0 Å². The Balaban J connectivity index is 2.95. The lowest BCUT2D eigenvalue weighted by atomic mass is 10.1. The van der Waals surface area contributed by atoms with Gasteiger partial charge < -0.3 is 4.90 Å². The molecule has 0 unspecified atom stereocenters. The molecule has 1 heterocycles. The molecule has 17 heavy (non-hydrogen) atoms. The number of aromatic nitrogens is 1. The number of hydrogen-bond acceptors (Lipinski definition) is 2. The highest BCUT2D eigenvalue weighted by Gasteiger charge is 2.14. The molecule has 4 heteroatoms. The van der Waals surface area contributed by atoms with Crippen LogP contribution in [0.25, 0.3) is 0 Å². The maximum atomic E-state index is 5.92. The zero-order valence-corrected chi connectivity index (χ0v) is 13.2. The van der Waals surface area contributed by atoms with Gasteiger partial charge in [0.1, 0.15) is 5.82 Å². The fraction of sp³-hybridized carbons (Fsp3) is 0.615. The van der Waals surface area contributed by atoms with E-state index >= 15 is 0 Å². The third-order valence-electron chi connectivity index (χ3n) is 2.26. The summed E-state index contributed by atoms with van der Waals surface area (Å²) in [4.78, 5) is 6.75. The van der Waals surface area contributed by atoms with E-state index in [1.54, 1.807) is 6.20 Å². The van der Waals surface area contributed by atoms with E-state index in [-0.39, 0.29) is 0 Å². The van der Waals surface area contributed by atoms with Crippen LogP contribution in [-0.2, 0) is 0 Å². The van der Waals surface area contributed by atoms with Gasteiger partial charge in [-0.3, -0.25) is 0 Å². The van der Waals surface area contributed by atoms with Crippen LogP contribution < -0.4 is 4.90 Å². The Morgan fingerprint density at radius 1 is 1.24 bits per heavy atom. The highest BCUT2D eigenvalue weighted by atomic mass is 79.9. The molecular formula is C13H20BrClN2. The highest BCUT2D eigenvalue weighted by Crippen LogP contribution is 2.27. The maximum absolute atomic E-state index is 5.92. The second kappa shape index (κ2) is 6.60. The predicted octanol–water partition coefficient (Wildman–Crippen LogP) is 4.62. The third kappa shape index (κ3) is 4.84. The van der Waals surface area contributed by atoms with Crippen molar-refractivity contribution >= 4 is 33.3 Å². The Labute approximate surface area is 118 Å². The van der Waals surface area contributed by atoms with Crippen LogP contribution >= 0.6 is 27.5 Å². The number of halogens is 2. The number of pyridine rings is 1. The number of hydrogen-bond donors (Lipinski definition) is 0. The molecule has 0 radical (unpaired) electrons. The van der Waals surface area contributed by atoms with Crippen LogP contribution in [0.2, 0.25) is 5.02 Å². The maximum Gasteiger partial charge on any atom is 0.142 e. The van der Waals surface area contributed by atoms with E-state index in [1.165, 1.54) is 0 Å². The van der Waals surface area contributed by atoms with Gasteiger partial charge in [0, 0.05) is 19.3 Å². The van der Waals surface area contributed by atoms with Gasteiger partial charge in [-0.2, -0.15) is 0 Å². The Hall–Kier alpha value is -0.280. The third-order valence-corrected chi connectivity index (χ3v) is 3.05. The molecular weight excluding hydrogens is 300 g/mol. The van der Waals surface area contributed by atoms with E-state index in [0.29, 0.717) is 16.9 Å². The molecule has 1 rings (SSSR count). The molecule has 0 aliphatic carbocycles. The molecule has 0 atom stereocenters. The minimum atomic E-state index is 0.609. The van der Waals surface area contributed by atoms with E-state index in [4.69, 9.17) is 11.6 Å². The van der Waals surface area contributed by atoms with Gasteiger partial charge in [-0.1, -0.05) is 39.3 Å². The molecule has 0 bridgehead atoms. The molecule has 0 saturated heterocycles. The van der Waals surface area contributed by atoms with E-state index < -0.39 is 0 Å². The van der Waals surface area contributed by atoms with Crippen molar-refractivity contribution < 1.29 is 0 Å². The van der Waals surface area contributed by atoms with Gasteiger partial charge in [0.05, 0.1) is 9.50 Å². The van der Waals surface area contributed by atoms with Gasteiger partial charge in [-0.05, 0) is 33.8 Å². The zero-order chi connectivity index (χ0) is 13.0. The van der Waals surface area contributed by atoms with Crippen molar-refractivity contribution in [3.63, 3.8) is 0 Å². The van der Waals surface area contributed by atoms with E-state index in [1.807, 2.05) is 6.07 Å². The van der Waals surface area contributed by atoms with Crippen molar-refractivity contribution in [1.29, 1.82) is 0 Å². The Bertz CT molecular complexity index is 356. The van der Waals surface area contributed by atoms with Gasteiger partial charge >= 0.3 is 0 Å². The quantitative estimate of drug-likeness (QED) is 0.787. The van der Waals surface area contributed by atoms with Crippen LogP contribution in [0, 0.1) is 11.8 Å². The summed E-state index contributed by atoms with van der Waals surface area (Å²) in [5.41, 5.74) is 0. The Morgan fingerprint density at radius 2 is 1.76 bits per heavy atom. The second-order valence-corrected chi connectivity index (χ2v) is 6.44. The molecule has 1 aromatic heterocycles. The summed E-state index contributed by atoms with van der Waals surface area (Å²) in [7, 11) is 0. The van der Waals surface area contributed by atoms with Crippen molar-refractivity contribution in [3.05, 3.63) is 21.8 Å². The van der Waals surface area contributed by atoms with Gasteiger partial charge in [0.15, 0.2) is 0 Å². The normalized spacial score (nSPS) is 11.3. The second-order valence-electron chi connectivity index (χ2n) is 5.15. The molecule has 0 aliphatic rings. The lowest BCUT2D eigenvalue weighted by molar-refractivity contribution is 0.548. The molecule has 0 aliphatic heterocycles. The summed E-state index contributed by atoms with van der Waals surface area (Å²) < 4.78 is 0.964. The molecule has 0 N–H and O–H groups in total. The fourth-order valence-electron chi connectivity index (χ4n) is 1.77. The summed E-state index contributed by atoms with van der Waals surface area (Å²) in [6.45, 7) is 10.9. The smallest absolute Gasteiger partial charge is 0.142 e. The zero-order valence-electron chi connectivity index (χ0n) is 10.9. The fourth-order valence-corrected chi connectivity index (χ4v) is 2.66. The highest BCUT2D eigenvalue weighted by molar-refractivity contribution is 9.10. The molecule has 96 valence electrons. The summed E-state index contributed by atoms with van der Waals surface area (Å²) in [6, 6.07) is 1.90. The average molecular weight is 320 g/mol. The molecule has 1 aromatic rings. The van der Waals surface area contributed by atoms with Crippen molar-refractivity contribution in [3.8, 4) is 0 Å². The van der Waals surface area contributed by atoms with Gasteiger partial charge in [-0.25, -0.2) is 4.98 Å². The first-order valence-corrected chi connectivity index (χ1v) is 7.13. The minimum absolute atomic E-state index is 0.609. The summed E-state index contributed by atoms with van der Waals surface area (Å²) in [6.07, 6.45) is 1.70. The van der Waals surface area contributed by atoms with Crippen molar-refractivity contribution in [1.82, 2.24) is 4.98 Å². The van der Waals surface area contributed by atoms with Gasteiger partial charge in [-0.15, -0.1) is 0 Å². The first kappa shape index (κ1) is 14.8. The van der Waals surface area contributed by atoms with Crippen molar-refractivity contribution in [2.75, 3.05) is 18.0 Å². The molecule has 0 fully saturated rings. The number of nitrogens with zero attached hydrogens (tertiary/aromatic N) is 2. The molecule has 0 saturated carbocycles. The lowest BCUT2D eigenvalue weighted by Gasteiger charge is -2.28. The predicted molar refractivity (Wildman–Crippen MR) is 78.8 cm³/mol. The number of rotatable bonds is 5. The summed E-state index contributed by atoms with van der Waals surface area (Å²) in [5.74, 6) is 2.20. The summed E-state index contributed by atoms with van der Waals surface area (Å²) in [5, 5.41) is 0.662.